The van der Waals surface area contributed by atoms with Crippen molar-refractivity contribution in [1.29, 1.82) is 0 Å². The Labute approximate surface area is 131 Å². The van der Waals surface area contributed by atoms with E-state index in [-0.39, 0.29) is 5.69 Å². The van der Waals surface area contributed by atoms with Gasteiger partial charge in [-0.25, -0.2) is 0 Å². The smallest absolute Gasteiger partial charge is 0.273 e. The van der Waals surface area contributed by atoms with E-state index in [0.717, 1.165) is 16.8 Å². The first kappa shape index (κ1) is 14.2. The molecule has 0 unspecified atom stereocenters. The third-order valence-corrected chi connectivity index (χ3v) is 3.60. The zero-order valence-corrected chi connectivity index (χ0v) is 12.5. The summed E-state index contributed by atoms with van der Waals surface area (Å²) in [5.74, 6) is 0.570. The lowest BCUT2D eigenvalue weighted by molar-refractivity contribution is -0.384. The summed E-state index contributed by atoms with van der Waals surface area (Å²) in [6.07, 6.45) is 1.79. The molecule has 0 aliphatic carbocycles. The second-order valence-corrected chi connectivity index (χ2v) is 5.22. The molecule has 0 fully saturated rings. The van der Waals surface area contributed by atoms with Crippen LogP contribution in [-0.2, 0) is 0 Å². The standard InChI is InChI=1S/C16H12N2O3S/c1-11-2-6-13(7-3-11)17-10-15(21-16(17)22)12-4-8-14(9-5-12)18(19)20/h2-10H,1H3. The fraction of sp³-hybridized carbons (Fsp3) is 0.0625. The molecule has 22 heavy (non-hydrogen) atoms. The summed E-state index contributed by atoms with van der Waals surface area (Å²) in [5.41, 5.74) is 2.85. The van der Waals surface area contributed by atoms with Crippen LogP contribution in [0.1, 0.15) is 5.56 Å². The highest BCUT2D eigenvalue weighted by atomic mass is 32.1. The topological polar surface area (TPSA) is 61.2 Å². The Morgan fingerprint density at radius 3 is 2.32 bits per heavy atom. The predicted molar refractivity (Wildman–Crippen MR) is 85.7 cm³/mol. The van der Waals surface area contributed by atoms with Crippen molar-refractivity contribution in [3.05, 3.63) is 75.2 Å². The van der Waals surface area contributed by atoms with E-state index >= 15 is 0 Å². The first-order chi connectivity index (χ1) is 10.5. The van der Waals surface area contributed by atoms with Crippen molar-refractivity contribution >= 4 is 17.9 Å². The number of aromatic nitrogens is 1. The van der Waals surface area contributed by atoms with Gasteiger partial charge >= 0.3 is 0 Å². The average Bonchev–Trinajstić information content (AvgIpc) is 2.90. The van der Waals surface area contributed by atoms with E-state index in [0.29, 0.717) is 10.6 Å². The lowest BCUT2D eigenvalue weighted by Gasteiger charge is -2.00. The molecular weight excluding hydrogens is 300 g/mol. The van der Waals surface area contributed by atoms with Crippen molar-refractivity contribution in [2.45, 2.75) is 6.92 Å². The molecule has 0 atom stereocenters. The summed E-state index contributed by atoms with van der Waals surface area (Å²) < 4.78 is 7.36. The Morgan fingerprint density at radius 1 is 1.09 bits per heavy atom. The van der Waals surface area contributed by atoms with Gasteiger partial charge in [-0.1, -0.05) is 17.7 Å². The molecule has 0 N–H and O–H groups in total. The van der Waals surface area contributed by atoms with E-state index in [1.807, 2.05) is 31.2 Å². The van der Waals surface area contributed by atoms with Crippen LogP contribution in [0.3, 0.4) is 0 Å². The largest absolute Gasteiger partial charge is 0.429 e. The van der Waals surface area contributed by atoms with Gasteiger partial charge in [0.05, 0.1) is 11.1 Å². The Hall–Kier alpha value is -2.73. The van der Waals surface area contributed by atoms with Gasteiger partial charge < -0.3 is 4.42 Å². The molecule has 2 aromatic carbocycles. The molecule has 0 aliphatic rings. The summed E-state index contributed by atoms with van der Waals surface area (Å²) in [7, 11) is 0. The number of hydrogen-bond acceptors (Lipinski definition) is 4. The quantitative estimate of drug-likeness (QED) is 0.400. The Morgan fingerprint density at radius 2 is 1.73 bits per heavy atom. The highest BCUT2D eigenvalue weighted by Crippen LogP contribution is 2.25. The van der Waals surface area contributed by atoms with Crippen molar-refractivity contribution in [1.82, 2.24) is 4.57 Å². The second kappa shape index (κ2) is 5.57. The summed E-state index contributed by atoms with van der Waals surface area (Å²) >= 11 is 5.24. The number of nitro groups is 1. The molecule has 3 aromatic rings. The van der Waals surface area contributed by atoms with Crippen LogP contribution >= 0.6 is 12.2 Å². The third kappa shape index (κ3) is 2.68. The molecule has 1 heterocycles. The molecule has 5 nitrogen and oxygen atoms in total. The Balaban J connectivity index is 2.00. The summed E-state index contributed by atoms with van der Waals surface area (Å²) in [6.45, 7) is 2.01. The number of hydrogen-bond donors (Lipinski definition) is 0. The van der Waals surface area contributed by atoms with Gasteiger partial charge in [-0.15, -0.1) is 0 Å². The van der Waals surface area contributed by atoms with Crippen LogP contribution in [0.4, 0.5) is 5.69 Å². The van der Waals surface area contributed by atoms with E-state index in [1.165, 1.54) is 12.1 Å². The highest BCUT2D eigenvalue weighted by molar-refractivity contribution is 7.71. The normalized spacial score (nSPS) is 10.6. The van der Waals surface area contributed by atoms with E-state index in [1.54, 1.807) is 22.9 Å². The molecule has 6 heteroatoms. The molecule has 1 aromatic heterocycles. The van der Waals surface area contributed by atoms with Crippen LogP contribution < -0.4 is 0 Å². The number of nitro benzene ring substituents is 1. The molecule has 0 spiro atoms. The predicted octanol–water partition coefficient (Wildman–Crippen LogP) is 4.68. The van der Waals surface area contributed by atoms with E-state index in [4.69, 9.17) is 16.6 Å². The van der Waals surface area contributed by atoms with Crippen molar-refractivity contribution in [3.8, 4) is 17.0 Å². The monoisotopic (exact) mass is 312 g/mol. The minimum atomic E-state index is -0.434. The average molecular weight is 312 g/mol. The lowest BCUT2D eigenvalue weighted by Crippen LogP contribution is -1.91. The zero-order valence-electron chi connectivity index (χ0n) is 11.7. The fourth-order valence-electron chi connectivity index (χ4n) is 2.11. The maximum Gasteiger partial charge on any atom is 0.273 e. The third-order valence-electron chi connectivity index (χ3n) is 3.32. The minimum Gasteiger partial charge on any atom is -0.429 e. The molecule has 0 amide bonds. The SMILES string of the molecule is Cc1ccc(-n2cc(-c3ccc([N+](=O)[O-])cc3)oc2=S)cc1. The van der Waals surface area contributed by atoms with Crippen molar-refractivity contribution < 1.29 is 9.34 Å². The molecule has 0 bridgehead atoms. The number of oxazole rings is 1. The van der Waals surface area contributed by atoms with E-state index in [9.17, 15) is 10.1 Å². The summed E-state index contributed by atoms with van der Waals surface area (Å²) in [4.78, 5) is 10.6. The number of non-ortho nitro benzene ring substituents is 1. The fourth-order valence-corrected chi connectivity index (χ4v) is 2.35. The number of nitrogens with zero attached hydrogens (tertiary/aromatic N) is 2. The number of aryl methyl sites for hydroxylation is 1. The van der Waals surface area contributed by atoms with E-state index < -0.39 is 4.92 Å². The zero-order chi connectivity index (χ0) is 15.7. The molecule has 0 radical (unpaired) electrons. The van der Waals surface area contributed by atoms with E-state index in [2.05, 4.69) is 0 Å². The molecule has 110 valence electrons. The van der Waals surface area contributed by atoms with Crippen molar-refractivity contribution in [3.63, 3.8) is 0 Å². The minimum absolute atomic E-state index is 0.0420. The Kier molecular flexibility index (Phi) is 3.60. The number of benzene rings is 2. The van der Waals surface area contributed by atoms with Crippen LogP contribution in [0.15, 0.2) is 59.1 Å². The molecule has 3 rings (SSSR count). The first-order valence-corrected chi connectivity index (χ1v) is 7.00. The van der Waals surface area contributed by atoms with Gasteiger partial charge in [0, 0.05) is 23.4 Å². The van der Waals surface area contributed by atoms with Crippen LogP contribution in [0.2, 0.25) is 0 Å². The van der Waals surface area contributed by atoms with Crippen molar-refractivity contribution in [2.75, 3.05) is 0 Å². The maximum absolute atomic E-state index is 10.7. The van der Waals surface area contributed by atoms with Crippen molar-refractivity contribution in [2.24, 2.45) is 0 Å². The molecule has 0 aliphatic heterocycles. The summed E-state index contributed by atoms with van der Waals surface area (Å²) in [6, 6.07) is 14.1. The van der Waals surface area contributed by atoms with Gasteiger partial charge in [-0.05, 0) is 43.4 Å². The van der Waals surface area contributed by atoms with Gasteiger partial charge in [0.15, 0.2) is 5.76 Å². The van der Waals surface area contributed by atoms with Gasteiger partial charge in [-0.3, -0.25) is 14.7 Å². The van der Waals surface area contributed by atoms with Gasteiger partial charge in [0.25, 0.3) is 10.5 Å². The van der Waals surface area contributed by atoms with Gasteiger partial charge in [0.2, 0.25) is 0 Å². The molecule has 0 saturated heterocycles. The molecular formula is C16H12N2O3S. The highest BCUT2D eigenvalue weighted by Gasteiger charge is 2.10. The number of rotatable bonds is 3. The van der Waals surface area contributed by atoms with Crippen LogP contribution in [0.25, 0.3) is 17.0 Å². The van der Waals surface area contributed by atoms with Crippen LogP contribution in [-0.4, -0.2) is 9.49 Å². The lowest BCUT2D eigenvalue weighted by atomic mass is 10.2. The van der Waals surface area contributed by atoms with Crippen LogP contribution in [0.5, 0.6) is 0 Å². The van der Waals surface area contributed by atoms with Crippen LogP contribution in [0, 0.1) is 21.9 Å². The first-order valence-electron chi connectivity index (χ1n) is 6.59. The van der Waals surface area contributed by atoms with Gasteiger partial charge in [-0.2, -0.15) is 0 Å². The van der Waals surface area contributed by atoms with Gasteiger partial charge in [0.1, 0.15) is 0 Å². The molecule has 0 saturated carbocycles. The second-order valence-electron chi connectivity index (χ2n) is 4.87. The maximum atomic E-state index is 10.7. The summed E-state index contributed by atoms with van der Waals surface area (Å²) in [5, 5.41) is 10.7. The Bertz CT molecular complexity index is 877.